The van der Waals surface area contributed by atoms with E-state index in [1.165, 1.54) is 53.9 Å². The first-order chi connectivity index (χ1) is 20.1. The number of hydrogen-bond donors (Lipinski definition) is 0. The molecule has 6 nitrogen and oxygen atoms in total. The molecule has 0 bridgehead atoms. The monoisotopic (exact) mass is 598 g/mol. The first-order valence-electron chi connectivity index (χ1n) is 14.0. The molecule has 0 fully saturated rings. The van der Waals surface area contributed by atoms with Crippen LogP contribution in [0.3, 0.4) is 0 Å². The van der Waals surface area contributed by atoms with Crippen molar-refractivity contribution < 1.29 is 0 Å². The van der Waals surface area contributed by atoms with Crippen LogP contribution in [0, 0.1) is 12.8 Å². The molecule has 210 valence electrons. The van der Waals surface area contributed by atoms with Crippen molar-refractivity contribution >= 4 is 61.1 Å². The summed E-state index contributed by atoms with van der Waals surface area (Å²) < 4.78 is 0.942. The molecule has 0 aliphatic carbocycles. The van der Waals surface area contributed by atoms with Gasteiger partial charge in [-0.1, -0.05) is 134 Å². The van der Waals surface area contributed by atoms with Crippen LogP contribution in [0.2, 0.25) is 0 Å². The highest BCUT2D eigenvalue weighted by atomic mass is 32.2. The van der Waals surface area contributed by atoms with Crippen molar-refractivity contribution in [3.63, 3.8) is 0 Å². The van der Waals surface area contributed by atoms with Crippen LogP contribution in [0.1, 0.15) is 45.1 Å². The third kappa shape index (κ3) is 7.67. The number of thioether (sulfide) groups is 1. The van der Waals surface area contributed by atoms with Crippen LogP contribution in [0.15, 0.2) is 99.5 Å². The number of benzene rings is 3. The molecular weight excluding hydrogens is 565 g/mol. The van der Waals surface area contributed by atoms with Crippen molar-refractivity contribution in [3.8, 4) is 11.3 Å². The Kier molecular flexibility index (Phi) is 10.3. The molecule has 0 radical (unpaired) electrons. The fraction of sp³-hybridized carbons (Fsp3) is 0.281. The summed E-state index contributed by atoms with van der Waals surface area (Å²) in [4.78, 5) is 7.27. The minimum atomic E-state index is 0.557. The van der Waals surface area contributed by atoms with Gasteiger partial charge in [0.15, 0.2) is 14.5 Å². The Morgan fingerprint density at radius 1 is 0.829 bits per heavy atom. The first-order valence-corrected chi connectivity index (χ1v) is 16.6. The van der Waals surface area contributed by atoms with E-state index in [0.29, 0.717) is 11.0 Å². The number of thiazole rings is 1. The SMILES string of the molecule is CCCCC(CC)CSc1nnc(/N=N/c2sc(N(c3ccccc3)c3ccccc3)nc2-c2ccc(C)cc2)s1. The molecule has 3 aromatic carbocycles. The molecule has 1 atom stereocenters. The molecule has 2 aromatic heterocycles. The van der Waals surface area contributed by atoms with Crippen LogP contribution in [-0.2, 0) is 0 Å². The number of rotatable bonds is 13. The van der Waals surface area contributed by atoms with Gasteiger partial charge in [-0.2, -0.15) is 0 Å². The van der Waals surface area contributed by atoms with E-state index >= 15 is 0 Å². The third-order valence-corrected chi connectivity index (χ3v) is 9.85. The number of azo groups is 1. The van der Waals surface area contributed by atoms with Crippen molar-refractivity contribution in [1.82, 2.24) is 15.2 Å². The minimum Gasteiger partial charge on any atom is -0.286 e. The molecular formula is C32H34N6S3. The predicted molar refractivity (Wildman–Crippen MR) is 175 cm³/mol. The van der Waals surface area contributed by atoms with Crippen molar-refractivity contribution in [3.05, 3.63) is 90.5 Å². The van der Waals surface area contributed by atoms with E-state index in [-0.39, 0.29) is 0 Å². The lowest BCUT2D eigenvalue weighted by molar-refractivity contribution is 0.499. The van der Waals surface area contributed by atoms with Crippen molar-refractivity contribution in [2.45, 2.75) is 50.8 Å². The van der Waals surface area contributed by atoms with E-state index in [9.17, 15) is 0 Å². The van der Waals surface area contributed by atoms with Crippen LogP contribution < -0.4 is 4.90 Å². The van der Waals surface area contributed by atoms with Crippen molar-refractivity contribution in [2.24, 2.45) is 16.1 Å². The normalized spacial score (nSPS) is 12.2. The number of para-hydroxylation sites is 2. The summed E-state index contributed by atoms with van der Waals surface area (Å²) in [7, 11) is 0. The highest BCUT2D eigenvalue weighted by Gasteiger charge is 2.21. The minimum absolute atomic E-state index is 0.557. The average molecular weight is 599 g/mol. The summed E-state index contributed by atoms with van der Waals surface area (Å²) in [5, 5.41) is 20.0. The Morgan fingerprint density at radius 3 is 2.15 bits per heavy atom. The summed E-state index contributed by atoms with van der Waals surface area (Å²) in [5.74, 6) is 1.77. The zero-order chi connectivity index (χ0) is 28.4. The summed E-state index contributed by atoms with van der Waals surface area (Å²) in [6.07, 6.45) is 4.98. The molecule has 5 rings (SSSR count). The molecule has 0 amide bonds. The number of aromatic nitrogens is 3. The molecule has 0 N–H and O–H groups in total. The lowest BCUT2D eigenvalue weighted by Gasteiger charge is -2.22. The summed E-state index contributed by atoms with van der Waals surface area (Å²) in [6, 6.07) is 28.9. The van der Waals surface area contributed by atoms with Gasteiger partial charge in [0.05, 0.1) is 0 Å². The fourth-order valence-electron chi connectivity index (χ4n) is 4.36. The molecule has 0 aliphatic heterocycles. The van der Waals surface area contributed by atoms with Gasteiger partial charge in [-0.3, -0.25) is 4.90 Å². The largest absolute Gasteiger partial charge is 0.286 e. The Balaban J connectivity index is 1.45. The zero-order valence-corrected chi connectivity index (χ0v) is 26.1. The highest BCUT2D eigenvalue weighted by molar-refractivity contribution is 8.01. The van der Waals surface area contributed by atoms with Crippen LogP contribution in [0.25, 0.3) is 11.3 Å². The van der Waals surface area contributed by atoms with E-state index < -0.39 is 0 Å². The summed E-state index contributed by atoms with van der Waals surface area (Å²) in [5.41, 5.74) is 5.05. The molecule has 0 saturated carbocycles. The maximum absolute atomic E-state index is 5.12. The number of aryl methyl sites for hydroxylation is 1. The Bertz CT molecular complexity index is 1490. The zero-order valence-electron chi connectivity index (χ0n) is 23.6. The Hall–Kier alpha value is -3.40. The molecule has 0 aliphatic rings. The van der Waals surface area contributed by atoms with Gasteiger partial charge in [0.2, 0.25) is 0 Å². The van der Waals surface area contributed by atoms with E-state index in [1.54, 1.807) is 11.8 Å². The number of nitrogens with zero attached hydrogens (tertiary/aromatic N) is 6. The Labute approximate surface area is 254 Å². The maximum atomic E-state index is 5.12. The third-order valence-electron chi connectivity index (χ3n) is 6.75. The molecule has 1 unspecified atom stereocenters. The van der Waals surface area contributed by atoms with Crippen LogP contribution in [-0.4, -0.2) is 20.9 Å². The van der Waals surface area contributed by atoms with Gasteiger partial charge in [-0.15, -0.1) is 20.4 Å². The molecule has 0 saturated heterocycles. The average Bonchev–Trinajstić information content (AvgIpc) is 3.65. The molecule has 5 aromatic rings. The van der Waals surface area contributed by atoms with Crippen molar-refractivity contribution in [2.75, 3.05) is 10.7 Å². The number of unbranched alkanes of at least 4 members (excludes halogenated alkanes) is 1. The molecule has 2 heterocycles. The van der Waals surface area contributed by atoms with E-state index in [2.05, 4.69) is 94.6 Å². The second-order valence-electron chi connectivity index (χ2n) is 9.80. The standard InChI is InChI=1S/C32H34N6S3/c1-4-6-13-24(5-2)22-39-32-37-36-30(41-32)35-34-29-28(25-20-18-23(3)19-21-25)33-31(40-29)38(26-14-9-7-10-15-26)27-16-11-8-12-17-27/h7-12,14-21,24H,4-6,13,22H2,1-3H3/b35-34+. The number of anilines is 3. The summed E-state index contributed by atoms with van der Waals surface area (Å²) >= 11 is 4.78. The smallest absolute Gasteiger partial charge is 0.252 e. The second kappa shape index (κ2) is 14.5. The lowest BCUT2D eigenvalue weighted by atomic mass is 10.0. The molecule has 41 heavy (non-hydrogen) atoms. The quantitative estimate of drug-likeness (QED) is 0.0996. The maximum Gasteiger partial charge on any atom is 0.252 e. The predicted octanol–water partition coefficient (Wildman–Crippen LogP) is 11.2. The van der Waals surface area contributed by atoms with E-state index in [4.69, 9.17) is 4.98 Å². The van der Waals surface area contributed by atoms with Gasteiger partial charge in [-0.25, -0.2) is 4.98 Å². The summed E-state index contributed by atoms with van der Waals surface area (Å²) in [6.45, 7) is 6.60. The van der Waals surface area contributed by atoms with Crippen LogP contribution in [0.4, 0.5) is 26.6 Å². The van der Waals surface area contributed by atoms with Crippen molar-refractivity contribution in [1.29, 1.82) is 0 Å². The van der Waals surface area contributed by atoms with Gasteiger partial charge in [0, 0.05) is 22.7 Å². The Morgan fingerprint density at radius 2 is 1.51 bits per heavy atom. The second-order valence-corrected chi connectivity index (χ2v) is 13.0. The topological polar surface area (TPSA) is 66.6 Å². The molecule has 0 spiro atoms. The highest BCUT2D eigenvalue weighted by Crippen LogP contribution is 2.45. The molecule has 9 heteroatoms. The first kappa shape index (κ1) is 29.1. The lowest BCUT2D eigenvalue weighted by Crippen LogP contribution is -2.09. The fourth-order valence-corrected chi connectivity index (χ4v) is 7.26. The van der Waals surface area contributed by atoms with Gasteiger partial charge < -0.3 is 0 Å². The van der Waals surface area contributed by atoms with Gasteiger partial charge in [0.25, 0.3) is 5.13 Å². The van der Waals surface area contributed by atoms with E-state index in [0.717, 1.165) is 42.9 Å². The van der Waals surface area contributed by atoms with Gasteiger partial charge >= 0.3 is 0 Å². The van der Waals surface area contributed by atoms with E-state index in [1.807, 2.05) is 36.4 Å². The number of hydrogen-bond acceptors (Lipinski definition) is 9. The van der Waals surface area contributed by atoms with Crippen LogP contribution in [0.5, 0.6) is 0 Å². The van der Waals surface area contributed by atoms with Gasteiger partial charge in [-0.05, 0) is 43.5 Å². The van der Waals surface area contributed by atoms with Crippen LogP contribution >= 0.6 is 34.4 Å². The van der Waals surface area contributed by atoms with Gasteiger partial charge in [0.1, 0.15) is 5.69 Å².